The Morgan fingerprint density at radius 3 is 1.03 bits per heavy atom. The van der Waals surface area contributed by atoms with Gasteiger partial charge in [0.05, 0.1) is 22.1 Å². The van der Waals surface area contributed by atoms with Gasteiger partial charge in [0.25, 0.3) is 0 Å². The molecule has 0 saturated heterocycles. The maximum Gasteiger partial charge on any atom is 0.129 e. The van der Waals surface area contributed by atoms with Gasteiger partial charge in [-0.15, -0.1) is 0 Å². The predicted octanol–water partition coefficient (Wildman–Crippen LogP) is 9.67. The normalized spacial score (nSPS) is 11.6. The summed E-state index contributed by atoms with van der Waals surface area (Å²) in [5.41, 5.74) is 6.88. The first kappa shape index (κ1) is 21.8. The van der Waals surface area contributed by atoms with Gasteiger partial charge < -0.3 is 13.9 Å². The molecule has 184 valence electrons. The van der Waals surface area contributed by atoms with Gasteiger partial charge in [0.2, 0.25) is 0 Å². The molecule has 6 aromatic carbocycles. The van der Waals surface area contributed by atoms with E-state index >= 15 is 0 Å². The maximum atomic E-state index is 6.48. The van der Waals surface area contributed by atoms with Crippen LogP contribution in [0.2, 0.25) is 0 Å². The van der Waals surface area contributed by atoms with Crippen molar-refractivity contribution in [1.82, 2.24) is 9.13 Å². The van der Waals surface area contributed by atoms with Gasteiger partial charge in [0.15, 0.2) is 0 Å². The Bertz CT molecular complexity index is 1900. The average molecular weight is 501 g/mol. The summed E-state index contributed by atoms with van der Waals surface area (Å²) < 4.78 is 11.1. The second kappa shape index (κ2) is 8.64. The van der Waals surface area contributed by atoms with Crippen LogP contribution in [0.25, 0.3) is 55.0 Å². The van der Waals surface area contributed by atoms with E-state index in [1.807, 2.05) is 12.1 Å². The van der Waals surface area contributed by atoms with Crippen LogP contribution < -0.4 is 4.74 Å². The molecule has 0 saturated carbocycles. The first-order chi connectivity index (χ1) is 19.3. The summed E-state index contributed by atoms with van der Waals surface area (Å²) >= 11 is 0. The van der Waals surface area contributed by atoms with E-state index < -0.39 is 0 Å². The van der Waals surface area contributed by atoms with Crippen molar-refractivity contribution in [2.45, 2.75) is 0 Å². The third-order valence-corrected chi connectivity index (χ3v) is 7.55. The van der Waals surface area contributed by atoms with E-state index in [2.05, 4.69) is 143 Å². The lowest BCUT2D eigenvalue weighted by Gasteiger charge is -2.13. The van der Waals surface area contributed by atoms with Crippen LogP contribution in [-0.4, -0.2) is 9.13 Å². The maximum absolute atomic E-state index is 6.48. The number of benzene rings is 6. The number of hydrogen-bond acceptors (Lipinski definition) is 1. The lowest BCUT2D eigenvalue weighted by atomic mass is 10.2. The molecular weight excluding hydrogens is 476 g/mol. The number of rotatable bonds is 4. The molecule has 8 aromatic rings. The van der Waals surface area contributed by atoms with Gasteiger partial charge in [-0.25, -0.2) is 0 Å². The Morgan fingerprint density at radius 1 is 0.333 bits per heavy atom. The zero-order chi connectivity index (χ0) is 25.8. The van der Waals surface area contributed by atoms with E-state index in [1.165, 1.54) is 43.6 Å². The fourth-order valence-electron chi connectivity index (χ4n) is 5.91. The largest absolute Gasteiger partial charge is 0.457 e. The Hall–Kier alpha value is -5.28. The third-order valence-electron chi connectivity index (χ3n) is 7.55. The summed E-state index contributed by atoms with van der Waals surface area (Å²) in [5.74, 6) is 1.60. The van der Waals surface area contributed by atoms with E-state index in [0.29, 0.717) is 0 Å². The predicted molar refractivity (Wildman–Crippen MR) is 162 cm³/mol. The molecule has 0 spiro atoms. The molecule has 2 aromatic heterocycles. The summed E-state index contributed by atoms with van der Waals surface area (Å²) in [6, 6.07) is 50.9. The molecule has 8 rings (SSSR count). The quantitative estimate of drug-likeness (QED) is 0.235. The molecular formula is C36H24N2O. The summed E-state index contributed by atoms with van der Waals surface area (Å²) in [4.78, 5) is 0. The molecule has 0 amide bonds. The Kier molecular flexibility index (Phi) is 4.82. The van der Waals surface area contributed by atoms with Gasteiger partial charge in [0.1, 0.15) is 11.5 Å². The summed E-state index contributed by atoms with van der Waals surface area (Å²) in [6.07, 6.45) is 0. The van der Waals surface area contributed by atoms with Gasteiger partial charge in [-0.05, 0) is 48.5 Å². The highest BCUT2D eigenvalue weighted by molar-refractivity contribution is 6.10. The molecule has 0 N–H and O–H groups in total. The highest BCUT2D eigenvalue weighted by Crippen LogP contribution is 2.35. The standard InChI is InChI=1S/C36H24N2O/c1-5-19-33-29(15-1)30-16-2-6-20-34(30)37(33)25-11-9-13-27(23-25)39-28-14-10-12-26(24-28)38-35-21-7-3-17-31(35)32-18-4-8-22-36(32)38/h1-24H. The van der Waals surface area contributed by atoms with E-state index in [9.17, 15) is 0 Å². The van der Waals surface area contributed by atoms with E-state index in [-0.39, 0.29) is 0 Å². The van der Waals surface area contributed by atoms with Crippen molar-refractivity contribution in [3.8, 4) is 22.9 Å². The van der Waals surface area contributed by atoms with Crippen LogP contribution >= 0.6 is 0 Å². The van der Waals surface area contributed by atoms with Crippen LogP contribution in [0.4, 0.5) is 0 Å². The van der Waals surface area contributed by atoms with Crippen LogP contribution in [-0.2, 0) is 0 Å². The molecule has 0 aliphatic carbocycles. The smallest absolute Gasteiger partial charge is 0.129 e. The molecule has 39 heavy (non-hydrogen) atoms. The highest BCUT2D eigenvalue weighted by atomic mass is 16.5. The Balaban J connectivity index is 1.22. The second-order valence-electron chi connectivity index (χ2n) is 9.84. The molecule has 3 heteroatoms. The van der Waals surface area contributed by atoms with Gasteiger partial charge in [0, 0.05) is 45.1 Å². The topological polar surface area (TPSA) is 19.1 Å². The molecule has 0 unspecified atom stereocenters. The zero-order valence-electron chi connectivity index (χ0n) is 21.2. The number of hydrogen-bond donors (Lipinski definition) is 0. The van der Waals surface area contributed by atoms with Crippen molar-refractivity contribution >= 4 is 43.6 Å². The van der Waals surface area contributed by atoms with Crippen molar-refractivity contribution in [3.05, 3.63) is 146 Å². The van der Waals surface area contributed by atoms with Gasteiger partial charge in [-0.3, -0.25) is 0 Å². The van der Waals surface area contributed by atoms with Gasteiger partial charge >= 0.3 is 0 Å². The summed E-state index contributed by atoms with van der Waals surface area (Å²) in [6.45, 7) is 0. The highest BCUT2D eigenvalue weighted by Gasteiger charge is 2.14. The van der Waals surface area contributed by atoms with Gasteiger partial charge in [-0.2, -0.15) is 0 Å². The number of nitrogens with zero attached hydrogens (tertiary/aromatic N) is 2. The Morgan fingerprint density at radius 2 is 0.667 bits per heavy atom. The minimum atomic E-state index is 0.800. The van der Waals surface area contributed by atoms with E-state index in [0.717, 1.165) is 22.9 Å². The van der Waals surface area contributed by atoms with Crippen LogP contribution in [0.5, 0.6) is 11.5 Å². The molecule has 0 aliphatic heterocycles. The van der Waals surface area contributed by atoms with Crippen molar-refractivity contribution in [1.29, 1.82) is 0 Å². The number of para-hydroxylation sites is 4. The molecule has 0 atom stereocenters. The summed E-state index contributed by atoms with van der Waals surface area (Å²) in [7, 11) is 0. The fraction of sp³-hybridized carbons (Fsp3) is 0. The molecule has 0 aliphatic rings. The van der Waals surface area contributed by atoms with E-state index in [4.69, 9.17) is 4.74 Å². The monoisotopic (exact) mass is 500 g/mol. The lowest BCUT2D eigenvalue weighted by molar-refractivity contribution is 0.482. The van der Waals surface area contributed by atoms with Crippen molar-refractivity contribution in [2.75, 3.05) is 0 Å². The van der Waals surface area contributed by atoms with Crippen LogP contribution in [0.3, 0.4) is 0 Å². The van der Waals surface area contributed by atoms with Crippen molar-refractivity contribution < 1.29 is 4.74 Å². The molecule has 2 heterocycles. The SMILES string of the molecule is c1cc(Oc2cccc(-n3c4ccccc4c4ccccc43)c2)cc(-n2c3ccccc3c3ccccc32)c1. The fourth-order valence-corrected chi connectivity index (χ4v) is 5.91. The zero-order valence-corrected chi connectivity index (χ0v) is 21.2. The molecule has 0 fully saturated rings. The molecule has 3 nitrogen and oxygen atoms in total. The van der Waals surface area contributed by atoms with Crippen LogP contribution in [0, 0.1) is 0 Å². The molecule has 0 radical (unpaired) electrons. The Labute approximate surface area is 225 Å². The number of aromatic nitrogens is 2. The first-order valence-electron chi connectivity index (χ1n) is 13.2. The minimum Gasteiger partial charge on any atom is -0.457 e. The number of fused-ring (bicyclic) bond motifs is 6. The number of ether oxygens (including phenoxy) is 1. The van der Waals surface area contributed by atoms with E-state index in [1.54, 1.807) is 0 Å². The molecule has 0 bridgehead atoms. The van der Waals surface area contributed by atoms with Gasteiger partial charge in [-0.1, -0.05) is 84.9 Å². The third kappa shape index (κ3) is 3.44. The second-order valence-corrected chi connectivity index (χ2v) is 9.84. The summed E-state index contributed by atoms with van der Waals surface area (Å²) in [5, 5.41) is 4.99. The average Bonchev–Trinajstić information content (AvgIpc) is 3.51. The lowest BCUT2D eigenvalue weighted by Crippen LogP contribution is -1.96. The minimum absolute atomic E-state index is 0.800. The first-order valence-corrected chi connectivity index (χ1v) is 13.2. The van der Waals surface area contributed by atoms with Crippen molar-refractivity contribution in [3.63, 3.8) is 0 Å². The van der Waals surface area contributed by atoms with Crippen LogP contribution in [0.15, 0.2) is 146 Å². The van der Waals surface area contributed by atoms with Crippen molar-refractivity contribution in [2.24, 2.45) is 0 Å². The van der Waals surface area contributed by atoms with Crippen LogP contribution in [0.1, 0.15) is 0 Å².